The fraction of sp³-hybridized carbons (Fsp3) is 1.00. The summed E-state index contributed by atoms with van der Waals surface area (Å²) in [6, 6.07) is 0. The van der Waals surface area contributed by atoms with Crippen LogP contribution in [0.4, 0.5) is 8.78 Å². The predicted molar refractivity (Wildman–Crippen MR) is 65.1 cm³/mol. The molecule has 0 spiro atoms. The van der Waals surface area contributed by atoms with E-state index in [1.54, 1.807) is 0 Å². The Morgan fingerprint density at radius 2 is 1.94 bits per heavy atom. The monoisotopic (exact) mass is 246 g/mol. The van der Waals surface area contributed by atoms with E-state index in [0.29, 0.717) is 12.3 Å². The molecule has 2 atom stereocenters. The molecule has 0 aromatic rings. The van der Waals surface area contributed by atoms with E-state index < -0.39 is 5.92 Å². The molecular weight excluding hydrogens is 222 g/mol. The Morgan fingerprint density at radius 3 is 2.65 bits per heavy atom. The Morgan fingerprint density at radius 1 is 1.18 bits per heavy atom. The predicted octanol–water partition coefficient (Wildman–Crippen LogP) is 2.48. The number of nitrogens with zero attached hydrogens (tertiary/aromatic N) is 1. The van der Waals surface area contributed by atoms with Crippen molar-refractivity contribution in [2.24, 2.45) is 17.6 Å². The van der Waals surface area contributed by atoms with E-state index in [2.05, 4.69) is 4.90 Å². The second kappa shape index (κ2) is 5.61. The number of hydrogen-bond donors (Lipinski definition) is 1. The van der Waals surface area contributed by atoms with Crippen LogP contribution in [-0.2, 0) is 0 Å². The van der Waals surface area contributed by atoms with Crippen molar-refractivity contribution in [2.45, 2.75) is 44.4 Å². The molecule has 2 aliphatic rings. The van der Waals surface area contributed by atoms with Gasteiger partial charge in [-0.3, -0.25) is 0 Å². The molecule has 2 nitrogen and oxygen atoms in total. The second-order valence-electron chi connectivity index (χ2n) is 5.82. The van der Waals surface area contributed by atoms with Gasteiger partial charge in [0.1, 0.15) is 0 Å². The SMILES string of the molecule is NCC1CCCN(CC2CCCC(F)(F)C2)C1. The van der Waals surface area contributed by atoms with E-state index in [4.69, 9.17) is 5.73 Å². The lowest BCUT2D eigenvalue weighted by molar-refractivity contribution is -0.0581. The van der Waals surface area contributed by atoms with Gasteiger partial charge in [-0.15, -0.1) is 0 Å². The smallest absolute Gasteiger partial charge is 0.248 e. The zero-order valence-corrected chi connectivity index (χ0v) is 10.5. The van der Waals surface area contributed by atoms with Crippen LogP contribution in [0.3, 0.4) is 0 Å². The molecule has 4 heteroatoms. The number of likely N-dealkylation sites (tertiary alicyclic amines) is 1. The van der Waals surface area contributed by atoms with Gasteiger partial charge in [-0.05, 0) is 50.6 Å². The summed E-state index contributed by atoms with van der Waals surface area (Å²) < 4.78 is 26.6. The summed E-state index contributed by atoms with van der Waals surface area (Å²) in [6.45, 7) is 3.67. The van der Waals surface area contributed by atoms with Crippen molar-refractivity contribution in [1.29, 1.82) is 0 Å². The molecule has 0 radical (unpaired) electrons. The molecule has 1 aliphatic carbocycles. The van der Waals surface area contributed by atoms with E-state index >= 15 is 0 Å². The number of alkyl halides is 2. The van der Waals surface area contributed by atoms with Gasteiger partial charge in [-0.25, -0.2) is 8.78 Å². The lowest BCUT2D eigenvalue weighted by Gasteiger charge is -2.37. The molecule has 2 unspecified atom stereocenters. The molecule has 17 heavy (non-hydrogen) atoms. The van der Waals surface area contributed by atoms with Crippen LogP contribution in [0.5, 0.6) is 0 Å². The first-order valence-electron chi connectivity index (χ1n) is 6.89. The standard InChI is InChI=1S/C13H24F2N2/c14-13(15)5-1-3-11(7-13)9-17-6-2-4-12(8-16)10-17/h11-12H,1-10,16H2. The van der Waals surface area contributed by atoms with Crippen LogP contribution in [-0.4, -0.2) is 37.0 Å². The second-order valence-corrected chi connectivity index (χ2v) is 5.82. The van der Waals surface area contributed by atoms with Gasteiger partial charge < -0.3 is 10.6 Å². The zero-order valence-electron chi connectivity index (χ0n) is 10.5. The normalized spacial score (nSPS) is 34.8. The number of halogens is 2. The summed E-state index contributed by atoms with van der Waals surface area (Å²) in [5.41, 5.74) is 5.70. The lowest BCUT2D eigenvalue weighted by atomic mass is 9.85. The van der Waals surface area contributed by atoms with Crippen molar-refractivity contribution in [3.63, 3.8) is 0 Å². The van der Waals surface area contributed by atoms with E-state index in [1.807, 2.05) is 0 Å². The maximum Gasteiger partial charge on any atom is 0.248 e. The molecule has 1 saturated carbocycles. The van der Waals surface area contributed by atoms with Crippen LogP contribution in [0.2, 0.25) is 0 Å². The molecular formula is C13H24F2N2. The van der Waals surface area contributed by atoms with Crippen LogP contribution < -0.4 is 5.73 Å². The summed E-state index contributed by atoms with van der Waals surface area (Å²) in [5.74, 6) is -1.64. The van der Waals surface area contributed by atoms with Gasteiger partial charge in [0, 0.05) is 25.9 Å². The number of rotatable bonds is 3. The highest BCUT2D eigenvalue weighted by molar-refractivity contribution is 4.82. The maximum atomic E-state index is 13.3. The largest absolute Gasteiger partial charge is 0.330 e. The van der Waals surface area contributed by atoms with Crippen molar-refractivity contribution in [3.05, 3.63) is 0 Å². The van der Waals surface area contributed by atoms with Crippen molar-refractivity contribution in [3.8, 4) is 0 Å². The fourth-order valence-electron chi connectivity index (χ4n) is 3.31. The van der Waals surface area contributed by atoms with Gasteiger partial charge >= 0.3 is 0 Å². The highest BCUT2D eigenvalue weighted by atomic mass is 19.3. The molecule has 2 rings (SSSR count). The average Bonchev–Trinajstić information content (AvgIpc) is 2.28. The average molecular weight is 246 g/mol. The molecule has 1 aliphatic heterocycles. The van der Waals surface area contributed by atoms with E-state index in [-0.39, 0.29) is 18.8 Å². The molecule has 2 fully saturated rings. The third-order valence-corrected chi connectivity index (χ3v) is 4.20. The summed E-state index contributed by atoms with van der Waals surface area (Å²) in [6.07, 6.45) is 4.22. The minimum absolute atomic E-state index is 0.0922. The Hall–Kier alpha value is -0.220. The lowest BCUT2D eigenvalue weighted by Crippen LogP contribution is -2.42. The van der Waals surface area contributed by atoms with Crippen LogP contribution in [0.15, 0.2) is 0 Å². The number of hydrogen-bond acceptors (Lipinski definition) is 2. The van der Waals surface area contributed by atoms with Crippen LogP contribution in [0, 0.1) is 11.8 Å². The van der Waals surface area contributed by atoms with Gasteiger partial charge in [-0.2, -0.15) is 0 Å². The molecule has 1 heterocycles. The Balaban J connectivity index is 1.80. The first-order valence-corrected chi connectivity index (χ1v) is 6.89. The van der Waals surface area contributed by atoms with Crippen molar-refractivity contribution in [1.82, 2.24) is 4.90 Å². The van der Waals surface area contributed by atoms with Gasteiger partial charge in [0.15, 0.2) is 0 Å². The third kappa shape index (κ3) is 3.88. The summed E-state index contributed by atoms with van der Waals surface area (Å²) >= 11 is 0. The Kier molecular flexibility index (Phi) is 4.36. The van der Waals surface area contributed by atoms with Crippen LogP contribution >= 0.6 is 0 Å². The van der Waals surface area contributed by atoms with Crippen molar-refractivity contribution < 1.29 is 8.78 Å². The highest BCUT2D eigenvalue weighted by Gasteiger charge is 2.37. The van der Waals surface area contributed by atoms with E-state index in [0.717, 1.165) is 32.6 Å². The maximum absolute atomic E-state index is 13.3. The van der Waals surface area contributed by atoms with Gasteiger partial charge in [0.05, 0.1) is 0 Å². The topological polar surface area (TPSA) is 29.3 Å². The first kappa shape index (κ1) is 13.2. The van der Waals surface area contributed by atoms with Crippen LogP contribution in [0.25, 0.3) is 0 Å². The summed E-state index contributed by atoms with van der Waals surface area (Å²) in [7, 11) is 0. The highest BCUT2D eigenvalue weighted by Crippen LogP contribution is 2.37. The molecule has 0 aromatic carbocycles. The van der Waals surface area contributed by atoms with Crippen molar-refractivity contribution in [2.75, 3.05) is 26.2 Å². The quantitative estimate of drug-likeness (QED) is 0.829. The van der Waals surface area contributed by atoms with E-state index in [1.165, 1.54) is 12.8 Å². The van der Waals surface area contributed by atoms with Gasteiger partial charge in [-0.1, -0.05) is 0 Å². The molecule has 2 N–H and O–H groups in total. The molecule has 1 saturated heterocycles. The molecule has 0 bridgehead atoms. The minimum atomic E-state index is -2.41. The number of piperidine rings is 1. The summed E-state index contributed by atoms with van der Waals surface area (Å²) in [4.78, 5) is 2.35. The Bertz CT molecular complexity index is 246. The van der Waals surface area contributed by atoms with Crippen LogP contribution in [0.1, 0.15) is 38.5 Å². The van der Waals surface area contributed by atoms with Gasteiger partial charge in [0.25, 0.3) is 0 Å². The van der Waals surface area contributed by atoms with Gasteiger partial charge in [0.2, 0.25) is 5.92 Å². The van der Waals surface area contributed by atoms with Crippen molar-refractivity contribution >= 4 is 0 Å². The molecule has 0 amide bonds. The first-order chi connectivity index (χ1) is 8.09. The number of nitrogens with two attached hydrogens (primary N) is 1. The summed E-state index contributed by atoms with van der Waals surface area (Å²) in [5, 5.41) is 0. The zero-order chi connectivity index (χ0) is 12.3. The third-order valence-electron chi connectivity index (χ3n) is 4.20. The minimum Gasteiger partial charge on any atom is -0.330 e. The molecule has 100 valence electrons. The van der Waals surface area contributed by atoms with E-state index in [9.17, 15) is 8.78 Å². The molecule has 0 aromatic heterocycles. The Labute approximate surface area is 103 Å². The fourth-order valence-corrected chi connectivity index (χ4v) is 3.31.